The summed E-state index contributed by atoms with van der Waals surface area (Å²) in [4.78, 5) is 0. The molecule has 11 nitrogen and oxygen atoms in total. The van der Waals surface area contributed by atoms with Crippen LogP contribution in [0.25, 0.3) is 6.08 Å². The summed E-state index contributed by atoms with van der Waals surface area (Å²) in [6.07, 6.45) is -4.38. The van der Waals surface area contributed by atoms with E-state index in [9.17, 15) is 25.5 Å². The van der Waals surface area contributed by atoms with Crippen molar-refractivity contribution in [2.45, 2.75) is 42.7 Å². The van der Waals surface area contributed by atoms with Crippen LogP contribution >= 0.6 is 0 Å². The fourth-order valence-corrected chi connectivity index (χ4v) is 4.60. The molecule has 0 aliphatic carbocycles. The van der Waals surface area contributed by atoms with Gasteiger partial charge in [0.05, 0.1) is 40.0 Å². The zero-order chi connectivity index (χ0) is 26.7. The maximum absolute atomic E-state index is 10.3. The van der Waals surface area contributed by atoms with Crippen LogP contribution in [0, 0.1) is 0 Å². The first kappa shape index (κ1) is 27.1. The summed E-state index contributed by atoms with van der Waals surface area (Å²) in [7, 11) is 2.95. The SMILES string of the molecule is COc1cc([C@@H]2Oc3c(OC)cc(C=CCO)cc3[C@H]2CO)ccc1O[C@@H]1O[C@@H](CO)[C@@H](O)[C@@H](O)[C@H]1O. The van der Waals surface area contributed by atoms with E-state index in [2.05, 4.69) is 0 Å². The van der Waals surface area contributed by atoms with Crippen LogP contribution in [0.3, 0.4) is 0 Å². The Balaban J connectivity index is 1.61. The van der Waals surface area contributed by atoms with Gasteiger partial charge in [-0.05, 0) is 35.4 Å². The number of hydrogen-bond acceptors (Lipinski definition) is 11. The first-order valence-electron chi connectivity index (χ1n) is 11.8. The Labute approximate surface area is 213 Å². The molecule has 2 aliphatic heterocycles. The number of ether oxygens (including phenoxy) is 5. The van der Waals surface area contributed by atoms with Crippen LogP contribution in [-0.2, 0) is 4.74 Å². The van der Waals surface area contributed by atoms with Gasteiger partial charge < -0.3 is 54.3 Å². The number of methoxy groups -OCH3 is 2. The minimum Gasteiger partial charge on any atom is -0.493 e. The van der Waals surface area contributed by atoms with Gasteiger partial charge in [0.25, 0.3) is 0 Å². The summed E-state index contributed by atoms with van der Waals surface area (Å²) in [5, 5.41) is 59.1. The van der Waals surface area contributed by atoms with Crippen LogP contribution in [0.2, 0.25) is 0 Å². The highest BCUT2D eigenvalue weighted by Crippen LogP contribution is 2.51. The number of hydrogen-bond donors (Lipinski definition) is 6. The van der Waals surface area contributed by atoms with Gasteiger partial charge in [0, 0.05) is 5.56 Å². The Hall–Kier alpha value is -2.90. The molecular formula is C26H32O11. The van der Waals surface area contributed by atoms with E-state index in [0.29, 0.717) is 17.1 Å². The lowest BCUT2D eigenvalue weighted by Gasteiger charge is -2.39. The van der Waals surface area contributed by atoms with E-state index < -0.39 is 49.3 Å². The molecule has 37 heavy (non-hydrogen) atoms. The molecule has 0 aromatic heterocycles. The van der Waals surface area contributed by atoms with Crippen LogP contribution in [0.4, 0.5) is 0 Å². The molecule has 0 amide bonds. The second-order valence-electron chi connectivity index (χ2n) is 8.78. The lowest BCUT2D eigenvalue weighted by Crippen LogP contribution is -2.60. The number of benzene rings is 2. The minimum atomic E-state index is -1.58. The van der Waals surface area contributed by atoms with Crippen molar-refractivity contribution in [3.63, 3.8) is 0 Å². The third-order valence-corrected chi connectivity index (χ3v) is 6.56. The van der Waals surface area contributed by atoms with E-state index in [-0.39, 0.29) is 24.7 Å². The summed E-state index contributed by atoms with van der Waals surface area (Å²) < 4.78 is 28.4. The molecule has 0 radical (unpaired) electrons. The average Bonchev–Trinajstić information content (AvgIpc) is 3.30. The zero-order valence-electron chi connectivity index (χ0n) is 20.4. The van der Waals surface area contributed by atoms with E-state index in [1.54, 1.807) is 36.4 Å². The second kappa shape index (κ2) is 11.7. The molecule has 7 atom stereocenters. The van der Waals surface area contributed by atoms with Crippen molar-refractivity contribution in [3.8, 4) is 23.0 Å². The number of fused-ring (bicyclic) bond motifs is 1. The van der Waals surface area contributed by atoms with E-state index in [4.69, 9.17) is 28.8 Å². The van der Waals surface area contributed by atoms with Crippen molar-refractivity contribution in [3.05, 3.63) is 53.1 Å². The van der Waals surface area contributed by atoms with Crippen LogP contribution in [0.1, 0.15) is 28.7 Å². The summed E-state index contributed by atoms with van der Waals surface area (Å²) >= 11 is 0. The van der Waals surface area contributed by atoms with E-state index >= 15 is 0 Å². The number of aliphatic hydroxyl groups excluding tert-OH is 6. The fourth-order valence-electron chi connectivity index (χ4n) is 4.60. The minimum absolute atomic E-state index is 0.112. The number of rotatable bonds is 9. The number of aliphatic hydroxyl groups is 6. The Morgan fingerprint density at radius 1 is 0.865 bits per heavy atom. The molecule has 0 spiro atoms. The standard InChI is InChI=1S/C26H32O11/c1-33-18-10-14(5-6-17(18)35-26-23(32)22(31)21(30)20(12-29)36-26)24-16(11-28)15-8-13(4-3-7-27)9-19(34-2)25(15)37-24/h3-6,8-10,16,20-24,26-32H,7,11-12H2,1-2H3/t16-,20+,21-,22-,23-,24+,26-/m1/s1. The highest BCUT2D eigenvalue weighted by molar-refractivity contribution is 5.62. The molecule has 2 aromatic carbocycles. The van der Waals surface area contributed by atoms with Crippen molar-refractivity contribution < 1.29 is 54.3 Å². The predicted octanol–water partition coefficient (Wildman–Crippen LogP) is 0.0976. The first-order valence-corrected chi connectivity index (χ1v) is 11.8. The van der Waals surface area contributed by atoms with Gasteiger partial charge in [-0.15, -0.1) is 0 Å². The summed E-state index contributed by atoms with van der Waals surface area (Å²) in [5.41, 5.74) is 2.21. The maximum atomic E-state index is 10.3. The molecular weight excluding hydrogens is 488 g/mol. The largest absolute Gasteiger partial charge is 0.493 e. The second-order valence-corrected chi connectivity index (χ2v) is 8.78. The van der Waals surface area contributed by atoms with Crippen LogP contribution in [0.5, 0.6) is 23.0 Å². The van der Waals surface area contributed by atoms with Gasteiger partial charge in [-0.1, -0.05) is 18.2 Å². The van der Waals surface area contributed by atoms with Crippen LogP contribution in [0.15, 0.2) is 36.4 Å². The first-order chi connectivity index (χ1) is 17.9. The normalized spacial score (nSPS) is 29.1. The molecule has 6 N–H and O–H groups in total. The fraction of sp³-hybridized carbons (Fsp3) is 0.462. The smallest absolute Gasteiger partial charge is 0.229 e. The molecule has 0 saturated carbocycles. The topological polar surface area (TPSA) is 168 Å². The monoisotopic (exact) mass is 520 g/mol. The van der Waals surface area contributed by atoms with E-state index in [0.717, 1.165) is 11.1 Å². The van der Waals surface area contributed by atoms with Gasteiger partial charge in [-0.3, -0.25) is 0 Å². The van der Waals surface area contributed by atoms with E-state index in [1.807, 2.05) is 6.07 Å². The van der Waals surface area contributed by atoms with Crippen molar-refractivity contribution in [2.75, 3.05) is 34.0 Å². The van der Waals surface area contributed by atoms with Gasteiger partial charge in [-0.25, -0.2) is 0 Å². The molecule has 4 rings (SSSR count). The predicted molar refractivity (Wildman–Crippen MR) is 130 cm³/mol. The average molecular weight is 521 g/mol. The molecule has 202 valence electrons. The van der Waals surface area contributed by atoms with Gasteiger partial charge in [-0.2, -0.15) is 0 Å². The molecule has 0 unspecified atom stereocenters. The van der Waals surface area contributed by atoms with Crippen LogP contribution in [-0.4, -0.2) is 95.4 Å². The van der Waals surface area contributed by atoms with Gasteiger partial charge >= 0.3 is 0 Å². The highest BCUT2D eigenvalue weighted by atomic mass is 16.7. The summed E-state index contributed by atoms with van der Waals surface area (Å²) in [6.45, 7) is -0.900. The molecule has 0 bridgehead atoms. The Bertz CT molecular complexity index is 1100. The van der Waals surface area contributed by atoms with Crippen molar-refractivity contribution in [1.29, 1.82) is 0 Å². The molecule has 1 saturated heterocycles. The van der Waals surface area contributed by atoms with Crippen molar-refractivity contribution in [2.24, 2.45) is 0 Å². The maximum Gasteiger partial charge on any atom is 0.229 e. The lowest BCUT2D eigenvalue weighted by atomic mass is 9.90. The quantitative estimate of drug-likeness (QED) is 0.265. The molecule has 1 fully saturated rings. The van der Waals surface area contributed by atoms with E-state index in [1.165, 1.54) is 14.2 Å². The van der Waals surface area contributed by atoms with Crippen molar-refractivity contribution in [1.82, 2.24) is 0 Å². The third kappa shape index (κ3) is 5.25. The molecule has 2 aliphatic rings. The lowest BCUT2D eigenvalue weighted by molar-refractivity contribution is -0.277. The Morgan fingerprint density at radius 3 is 2.27 bits per heavy atom. The zero-order valence-corrected chi connectivity index (χ0v) is 20.4. The highest BCUT2D eigenvalue weighted by Gasteiger charge is 2.45. The summed E-state index contributed by atoms with van der Waals surface area (Å²) in [6, 6.07) is 8.60. The Kier molecular flexibility index (Phi) is 8.55. The molecule has 2 heterocycles. The molecule has 2 aromatic rings. The molecule has 11 heteroatoms. The summed E-state index contributed by atoms with van der Waals surface area (Å²) in [5.74, 6) is 1.03. The third-order valence-electron chi connectivity index (χ3n) is 6.56. The Morgan fingerprint density at radius 2 is 1.62 bits per heavy atom. The van der Waals surface area contributed by atoms with Crippen molar-refractivity contribution >= 4 is 6.08 Å². The van der Waals surface area contributed by atoms with Gasteiger partial charge in [0.15, 0.2) is 23.0 Å². The van der Waals surface area contributed by atoms with Gasteiger partial charge in [0.1, 0.15) is 30.5 Å². The van der Waals surface area contributed by atoms with Gasteiger partial charge in [0.2, 0.25) is 6.29 Å². The van der Waals surface area contributed by atoms with Crippen LogP contribution < -0.4 is 18.9 Å².